The lowest BCUT2D eigenvalue weighted by Gasteiger charge is -2.09. The van der Waals surface area contributed by atoms with Crippen molar-refractivity contribution in [2.75, 3.05) is 7.11 Å². The number of pyridine rings is 1. The molecule has 0 aromatic carbocycles. The van der Waals surface area contributed by atoms with E-state index in [2.05, 4.69) is 4.98 Å². The molecule has 0 bridgehead atoms. The first-order valence-corrected chi connectivity index (χ1v) is 3.43. The van der Waals surface area contributed by atoms with Gasteiger partial charge in [-0.15, -0.1) is 0 Å². The topological polar surface area (TPSA) is 22.1 Å². The molecule has 0 radical (unpaired) electrons. The van der Waals surface area contributed by atoms with E-state index in [1.54, 1.807) is 0 Å². The second-order valence-electron chi connectivity index (χ2n) is 2.45. The van der Waals surface area contributed by atoms with Crippen LogP contribution < -0.4 is 4.74 Å². The fourth-order valence-corrected chi connectivity index (χ4v) is 0.773. The molecule has 66 valence electrons. The molecule has 0 saturated carbocycles. The number of hydrogen-bond donors (Lipinski definition) is 0. The molecule has 0 aliphatic rings. The third-order valence-corrected chi connectivity index (χ3v) is 1.38. The molecule has 0 amide bonds. The summed E-state index contributed by atoms with van der Waals surface area (Å²) in [5, 5.41) is 0. The molecule has 0 spiro atoms. The maximum Gasteiger partial charge on any atom is 0.287 e. The zero-order valence-corrected chi connectivity index (χ0v) is 6.84. The smallest absolute Gasteiger partial charge is 0.287 e. The average molecular weight is 173 g/mol. The molecule has 1 aromatic rings. The first-order chi connectivity index (χ1) is 5.54. The lowest BCUT2D eigenvalue weighted by atomic mass is 10.2. The molecule has 0 N–H and O–H groups in total. The second-order valence-corrected chi connectivity index (χ2v) is 2.45. The van der Waals surface area contributed by atoms with Crippen molar-refractivity contribution in [1.82, 2.24) is 4.98 Å². The Kier molecular flexibility index (Phi) is 2.26. The summed E-state index contributed by atoms with van der Waals surface area (Å²) in [6.07, 6.45) is 0. The summed E-state index contributed by atoms with van der Waals surface area (Å²) >= 11 is 0. The molecule has 4 heteroatoms. The molecule has 1 rings (SSSR count). The summed E-state index contributed by atoms with van der Waals surface area (Å²) in [6.45, 7) is 0.800. The molecule has 1 aromatic heterocycles. The summed E-state index contributed by atoms with van der Waals surface area (Å²) in [6, 6.07) is 4.27. The molecule has 12 heavy (non-hydrogen) atoms. The van der Waals surface area contributed by atoms with Gasteiger partial charge in [0.25, 0.3) is 5.92 Å². The Morgan fingerprint density at radius 2 is 2.08 bits per heavy atom. The maximum absolute atomic E-state index is 12.7. The zero-order chi connectivity index (χ0) is 9.19. The van der Waals surface area contributed by atoms with E-state index in [-0.39, 0.29) is 11.6 Å². The van der Waals surface area contributed by atoms with Gasteiger partial charge in [0, 0.05) is 13.0 Å². The van der Waals surface area contributed by atoms with Crippen molar-refractivity contribution in [2.45, 2.75) is 12.8 Å². The third-order valence-electron chi connectivity index (χ3n) is 1.38. The number of rotatable bonds is 2. The SMILES string of the molecule is COc1cccc(C(C)(F)F)n1. The lowest BCUT2D eigenvalue weighted by molar-refractivity contribution is 0.0122. The van der Waals surface area contributed by atoms with Crippen molar-refractivity contribution in [3.8, 4) is 5.88 Å². The Balaban J connectivity index is 3.02. The molecule has 0 aliphatic heterocycles. The standard InChI is InChI=1S/C8H9F2NO/c1-8(9,10)6-4-3-5-7(11-6)12-2/h3-5H,1-2H3. The molecular weight excluding hydrogens is 164 g/mol. The van der Waals surface area contributed by atoms with Crippen LogP contribution in [0.1, 0.15) is 12.6 Å². The molecular formula is C8H9F2NO. The normalized spacial score (nSPS) is 11.3. The van der Waals surface area contributed by atoms with Crippen LogP contribution >= 0.6 is 0 Å². The minimum Gasteiger partial charge on any atom is -0.481 e. The minimum atomic E-state index is -2.91. The molecule has 2 nitrogen and oxygen atoms in total. The van der Waals surface area contributed by atoms with E-state index in [1.165, 1.54) is 25.3 Å². The molecule has 0 aliphatic carbocycles. The predicted molar refractivity (Wildman–Crippen MR) is 40.4 cm³/mol. The number of methoxy groups -OCH3 is 1. The summed E-state index contributed by atoms with van der Waals surface area (Å²) < 4.78 is 30.0. The molecule has 1 heterocycles. The summed E-state index contributed by atoms with van der Waals surface area (Å²) in [5.41, 5.74) is -0.276. The number of alkyl halides is 2. The van der Waals surface area contributed by atoms with Crippen LogP contribution in [0.4, 0.5) is 8.78 Å². The Labute approximate surface area is 69.2 Å². The van der Waals surface area contributed by atoms with E-state index < -0.39 is 5.92 Å². The Bertz CT molecular complexity index is 270. The number of halogens is 2. The highest BCUT2D eigenvalue weighted by atomic mass is 19.3. The molecule has 0 unspecified atom stereocenters. The van der Waals surface area contributed by atoms with E-state index in [9.17, 15) is 8.78 Å². The van der Waals surface area contributed by atoms with E-state index in [0.717, 1.165) is 6.92 Å². The van der Waals surface area contributed by atoms with E-state index >= 15 is 0 Å². The number of hydrogen-bond acceptors (Lipinski definition) is 2. The van der Waals surface area contributed by atoms with Gasteiger partial charge in [0.05, 0.1) is 7.11 Å². The number of nitrogens with zero attached hydrogens (tertiary/aromatic N) is 1. The van der Waals surface area contributed by atoms with Crippen LogP contribution in [0.25, 0.3) is 0 Å². The Hall–Kier alpha value is -1.19. The van der Waals surface area contributed by atoms with Crippen molar-refractivity contribution in [1.29, 1.82) is 0 Å². The molecule has 0 atom stereocenters. The van der Waals surface area contributed by atoms with Gasteiger partial charge in [0.1, 0.15) is 5.69 Å². The highest BCUT2D eigenvalue weighted by Crippen LogP contribution is 2.25. The van der Waals surface area contributed by atoms with Crippen molar-refractivity contribution < 1.29 is 13.5 Å². The van der Waals surface area contributed by atoms with E-state index in [1.807, 2.05) is 0 Å². The van der Waals surface area contributed by atoms with Crippen LogP contribution in [0, 0.1) is 0 Å². The predicted octanol–water partition coefficient (Wildman–Crippen LogP) is 2.20. The monoisotopic (exact) mass is 173 g/mol. The molecule has 0 fully saturated rings. The average Bonchev–Trinajstić information content (AvgIpc) is 2.03. The van der Waals surface area contributed by atoms with Gasteiger partial charge in [-0.2, -0.15) is 8.78 Å². The van der Waals surface area contributed by atoms with Gasteiger partial charge in [-0.3, -0.25) is 0 Å². The largest absolute Gasteiger partial charge is 0.481 e. The van der Waals surface area contributed by atoms with Crippen LogP contribution in [0.15, 0.2) is 18.2 Å². The Morgan fingerprint density at radius 1 is 1.42 bits per heavy atom. The Morgan fingerprint density at radius 3 is 2.58 bits per heavy atom. The van der Waals surface area contributed by atoms with Crippen LogP contribution in [-0.4, -0.2) is 12.1 Å². The van der Waals surface area contributed by atoms with Crippen LogP contribution in [0.2, 0.25) is 0 Å². The lowest BCUT2D eigenvalue weighted by Crippen LogP contribution is -2.09. The first kappa shape index (κ1) is 8.90. The number of ether oxygens (including phenoxy) is 1. The van der Waals surface area contributed by atoms with E-state index in [0.29, 0.717) is 0 Å². The quantitative estimate of drug-likeness (QED) is 0.684. The summed E-state index contributed by atoms with van der Waals surface area (Å²) in [4.78, 5) is 3.59. The van der Waals surface area contributed by atoms with Gasteiger partial charge < -0.3 is 4.74 Å². The van der Waals surface area contributed by atoms with Crippen molar-refractivity contribution >= 4 is 0 Å². The third kappa shape index (κ3) is 1.90. The summed E-state index contributed by atoms with van der Waals surface area (Å²) in [7, 11) is 1.39. The van der Waals surface area contributed by atoms with Crippen molar-refractivity contribution in [3.05, 3.63) is 23.9 Å². The van der Waals surface area contributed by atoms with Crippen LogP contribution in [0.3, 0.4) is 0 Å². The zero-order valence-electron chi connectivity index (χ0n) is 6.84. The van der Waals surface area contributed by atoms with Gasteiger partial charge in [-0.1, -0.05) is 6.07 Å². The van der Waals surface area contributed by atoms with Crippen molar-refractivity contribution in [3.63, 3.8) is 0 Å². The minimum absolute atomic E-state index is 0.203. The highest BCUT2D eigenvalue weighted by molar-refractivity contribution is 5.18. The van der Waals surface area contributed by atoms with Gasteiger partial charge in [-0.05, 0) is 6.07 Å². The summed E-state index contributed by atoms with van der Waals surface area (Å²) in [5.74, 6) is -2.71. The van der Waals surface area contributed by atoms with Crippen molar-refractivity contribution in [2.24, 2.45) is 0 Å². The second kappa shape index (κ2) is 3.05. The maximum atomic E-state index is 12.7. The fraction of sp³-hybridized carbons (Fsp3) is 0.375. The van der Waals surface area contributed by atoms with Gasteiger partial charge in [0.15, 0.2) is 0 Å². The first-order valence-electron chi connectivity index (χ1n) is 3.43. The van der Waals surface area contributed by atoms with Crippen LogP contribution in [-0.2, 0) is 5.92 Å². The van der Waals surface area contributed by atoms with E-state index in [4.69, 9.17) is 4.74 Å². The molecule has 0 saturated heterocycles. The van der Waals surface area contributed by atoms with Crippen LogP contribution in [0.5, 0.6) is 5.88 Å². The fourth-order valence-electron chi connectivity index (χ4n) is 0.773. The van der Waals surface area contributed by atoms with Gasteiger partial charge >= 0.3 is 0 Å². The van der Waals surface area contributed by atoms with Gasteiger partial charge in [-0.25, -0.2) is 4.98 Å². The van der Waals surface area contributed by atoms with Gasteiger partial charge in [0.2, 0.25) is 5.88 Å². The highest BCUT2D eigenvalue weighted by Gasteiger charge is 2.26. The number of aromatic nitrogens is 1.